The molecule has 0 amide bonds. The summed E-state index contributed by atoms with van der Waals surface area (Å²) in [6, 6.07) is 0.208. The molecule has 22 heavy (non-hydrogen) atoms. The third-order valence-electron chi connectivity index (χ3n) is 5.25. The molecule has 3 aliphatic carbocycles. The van der Waals surface area contributed by atoms with Crippen molar-refractivity contribution in [3.63, 3.8) is 0 Å². The maximum Gasteiger partial charge on any atom is 0.484 e. The number of aromatic nitrogens is 1. The topological polar surface area (TPSA) is 45.4 Å². The minimum absolute atomic E-state index is 0.208. The molecule has 0 saturated heterocycles. The summed E-state index contributed by atoms with van der Waals surface area (Å²) >= 11 is 0. The van der Waals surface area contributed by atoms with Gasteiger partial charge in [0, 0.05) is 11.4 Å². The van der Waals surface area contributed by atoms with Gasteiger partial charge in [-0.25, -0.2) is 0 Å². The zero-order valence-corrected chi connectivity index (χ0v) is 12.8. The number of rotatable bonds is 2. The second-order valence-electron chi connectivity index (χ2n) is 6.58. The Morgan fingerprint density at radius 3 is 2.82 bits per heavy atom. The molecule has 4 heteroatoms. The van der Waals surface area contributed by atoms with E-state index in [1.807, 2.05) is 12.2 Å². The van der Waals surface area contributed by atoms with Gasteiger partial charge in [-0.3, -0.25) is 0 Å². The Morgan fingerprint density at radius 2 is 1.95 bits per heavy atom. The quantitative estimate of drug-likeness (QED) is 0.824. The molecule has 3 nitrogen and oxygen atoms in total. The Morgan fingerprint density at radius 1 is 1.09 bits per heavy atom. The van der Waals surface area contributed by atoms with Crippen LogP contribution >= 0.6 is 0 Å². The highest BCUT2D eigenvalue weighted by Crippen LogP contribution is 2.38. The molecular weight excluding hydrogens is 273 g/mol. The molecule has 1 aromatic rings. The molecule has 1 aromatic heterocycles. The molecule has 0 radical (unpaired) electrons. The lowest BCUT2D eigenvalue weighted by Crippen LogP contribution is -2.22. The van der Waals surface area contributed by atoms with Crippen LogP contribution in [0.4, 0.5) is 0 Å². The van der Waals surface area contributed by atoms with E-state index >= 15 is 0 Å². The number of nitrogens with zero attached hydrogens (tertiary/aromatic N) is 1. The molecule has 114 valence electrons. The van der Waals surface area contributed by atoms with Gasteiger partial charge in [0.15, 0.2) is 0 Å². The summed E-state index contributed by atoms with van der Waals surface area (Å²) in [5, 5.41) is 19.0. The highest BCUT2D eigenvalue weighted by Gasteiger charge is 2.29. The van der Waals surface area contributed by atoms with Crippen LogP contribution in [0.1, 0.15) is 54.2 Å². The fraction of sp³-hybridized carbons (Fsp3) is 0.444. The van der Waals surface area contributed by atoms with Crippen molar-refractivity contribution in [2.24, 2.45) is 0 Å². The van der Waals surface area contributed by atoms with Crippen molar-refractivity contribution in [3.8, 4) is 0 Å². The zero-order chi connectivity index (χ0) is 15.1. The van der Waals surface area contributed by atoms with E-state index in [1.54, 1.807) is 11.1 Å². The predicted molar refractivity (Wildman–Crippen MR) is 89.5 cm³/mol. The molecule has 4 rings (SSSR count). The van der Waals surface area contributed by atoms with Crippen molar-refractivity contribution < 1.29 is 10.0 Å². The lowest BCUT2D eigenvalue weighted by molar-refractivity contribution is 0.411. The van der Waals surface area contributed by atoms with Crippen molar-refractivity contribution in [2.45, 2.75) is 51.0 Å². The molecular formula is C18H22BNO2. The number of fused-ring (bicyclic) bond motifs is 3. The monoisotopic (exact) mass is 295 g/mol. The minimum atomic E-state index is -1.34. The third kappa shape index (κ3) is 2.22. The first-order valence-corrected chi connectivity index (χ1v) is 8.40. The largest absolute Gasteiger partial charge is 0.484 e. The van der Waals surface area contributed by atoms with Gasteiger partial charge >= 0.3 is 7.12 Å². The van der Waals surface area contributed by atoms with Crippen molar-refractivity contribution >= 4 is 13.2 Å². The van der Waals surface area contributed by atoms with E-state index in [4.69, 9.17) is 0 Å². The third-order valence-corrected chi connectivity index (χ3v) is 5.25. The molecule has 1 atom stereocenters. The van der Waals surface area contributed by atoms with Gasteiger partial charge in [-0.1, -0.05) is 24.3 Å². The summed E-state index contributed by atoms with van der Waals surface area (Å²) in [6.45, 7) is 0. The first kappa shape index (κ1) is 14.1. The maximum atomic E-state index is 9.50. The molecule has 0 aliphatic heterocycles. The molecule has 3 aliphatic rings. The van der Waals surface area contributed by atoms with Crippen LogP contribution in [0.2, 0.25) is 0 Å². The second-order valence-corrected chi connectivity index (χ2v) is 6.58. The van der Waals surface area contributed by atoms with Crippen molar-refractivity contribution in [2.75, 3.05) is 0 Å². The van der Waals surface area contributed by atoms with E-state index in [-0.39, 0.29) is 6.04 Å². The van der Waals surface area contributed by atoms with Crippen LogP contribution in [0.25, 0.3) is 6.08 Å². The van der Waals surface area contributed by atoms with Crippen LogP contribution in [0.3, 0.4) is 0 Å². The molecule has 1 unspecified atom stereocenters. The van der Waals surface area contributed by atoms with E-state index in [9.17, 15) is 10.0 Å². The van der Waals surface area contributed by atoms with Crippen LogP contribution < -0.4 is 0 Å². The Hall–Kier alpha value is -1.52. The summed E-state index contributed by atoms with van der Waals surface area (Å²) in [7, 11) is -1.34. The molecule has 0 fully saturated rings. The Kier molecular flexibility index (Phi) is 3.59. The van der Waals surface area contributed by atoms with Crippen molar-refractivity contribution in [1.82, 2.24) is 4.57 Å². The fourth-order valence-corrected chi connectivity index (χ4v) is 4.24. The van der Waals surface area contributed by atoms with Gasteiger partial charge in [0.25, 0.3) is 0 Å². The second kappa shape index (κ2) is 5.60. The van der Waals surface area contributed by atoms with Gasteiger partial charge in [0.1, 0.15) is 0 Å². The first-order chi connectivity index (χ1) is 10.8. The summed E-state index contributed by atoms with van der Waals surface area (Å²) in [5.41, 5.74) is 6.69. The van der Waals surface area contributed by atoms with Crippen molar-refractivity contribution in [1.29, 1.82) is 0 Å². The van der Waals surface area contributed by atoms with E-state index in [1.165, 1.54) is 30.7 Å². The van der Waals surface area contributed by atoms with Crippen LogP contribution in [-0.4, -0.2) is 21.7 Å². The number of hydrogen-bond donors (Lipinski definition) is 2. The van der Waals surface area contributed by atoms with Gasteiger partial charge in [-0.05, 0) is 67.6 Å². The minimum Gasteiger partial charge on any atom is -0.423 e. The molecule has 0 spiro atoms. The van der Waals surface area contributed by atoms with Crippen LogP contribution in [0, 0.1) is 0 Å². The summed E-state index contributed by atoms with van der Waals surface area (Å²) in [4.78, 5) is 0. The average Bonchev–Trinajstić information content (AvgIpc) is 2.89. The van der Waals surface area contributed by atoms with E-state index < -0.39 is 7.12 Å². The van der Waals surface area contributed by atoms with Crippen LogP contribution in [0.15, 0.2) is 29.8 Å². The Labute approximate surface area is 131 Å². The average molecular weight is 295 g/mol. The smallest absolute Gasteiger partial charge is 0.423 e. The van der Waals surface area contributed by atoms with E-state index in [0.717, 1.165) is 19.3 Å². The van der Waals surface area contributed by atoms with Crippen molar-refractivity contribution in [3.05, 3.63) is 52.3 Å². The highest BCUT2D eigenvalue weighted by atomic mass is 16.4. The predicted octanol–water partition coefficient (Wildman–Crippen LogP) is 2.77. The highest BCUT2D eigenvalue weighted by molar-refractivity contribution is 6.50. The molecule has 1 heterocycles. The Balaban J connectivity index is 1.79. The van der Waals surface area contributed by atoms with Gasteiger partial charge < -0.3 is 14.6 Å². The SMILES string of the molecule is OB(O)C1=CC=CC(n2c3c(c4c2CCCC4)CCC=C3)C1. The molecule has 0 aromatic carbocycles. The van der Waals surface area contributed by atoms with Gasteiger partial charge in [0.2, 0.25) is 0 Å². The number of allylic oxidation sites excluding steroid dienone is 5. The zero-order valence-electron chi connectivity index (χ0n) is 12.8. The molecule has 0 saturated carbocycles. The normalized spacial score (nSPS) is 23.0. The summed E-state index contributed by atoms with van der Waals surface area (Å²) in [5.74, 6) is 0. The van der Waals surface area contributed by atoms with Gasteiger partial charge in [-0.2, -0.15) is 0 Å². The molecule has 2 N–H and O–H groups in total. The van der Waals surface area contributed by atoms with Gasteiger partial charge in [0.05, 0.1) is 6.04 Å². The standard InChI is InChI=1S/C18H22BNO2/c21-19(22)13-6-5-7-14(12-13)20-17-10-3-1-8-15(17)16-9-2-4-11-18(16)20/h3,5-7,10,14,21-22H,1-2,4,8-9,11-12H2. The van der Waals surface area contributed by atoms with Crippen LogP contribution in [-0.2, 0) is 19.3 Å². The van der Waals surface area contributed by atoms with E-state index in [0.29, 0.717) is 11.9 Å². The summed E-state index contributed by atoms with van der Waals surface area (Å²) < 4.78 is 2.48. The first-order valence-electron chi connectivity index (χ1n) is 8.40. The van der Waals surface area contributed by atoms with E-state index in [2.05, 4.69) is 22.8 Å². The fourth-order valence-electron chi connectivity index (χ4n) is 4.24. The Bertz CT molecular complexity index is 682. The number of hydrogen-bond acceptors (Lipinski definition) is 2. The lowest BCUT2D eigenvalue weighted by atomic mass is 9.74. The maximum absolute atomic E-state index is 9.50. The molecule has 0 bridgehead atoms. The van der Waals surface area contributed by atoms with Crippen LogP contribution in [0.5, 0.6) is 0 Å². The summed E-state index contributed by atoms with van der Waals surface area (Å²) in [6.07, 6.45) is 18.5. The lowest BCUT2D eigenvalue weighted by Gasteiger charge is -2.26. The van der Waals surface area contributed by atoms with Gasteiger partial charge in [-0.15, -0.1) is 0 Å².